The fourth-order valence-electron chi connectivity index (χ4n) is 2.21. The van der Waals surface area contributed by atoms with Gasteiger partial charge in [0.25, 0.3) is 5.91 Å². The maximum atomic E-state index is 13.6. The summed E-state index contributed by atoms with van der Waals surface area (Å²) in [6, 6.07) is 13.4. The summed E-state index contributed by atoms with van der Waals surface area (Å²) in [5.74, 6) is -1.17. The lowest BCUT2D eigenvalue weighted by Crippen LogP contribution is -2.14. The first-order chi connectivity index (χ1) is 12.0. The zero-order valence-corrected chi connectivity index (χ0v) is 13.3. The Morgan fingerprint density at radius 2 is 1.68 bits per heavy atom. The molecule has 3 rings (SSSR count). The van der Waals surface area contributed by atoms with E-state index in [4.69, 9.17) is 0 Å². The van der Waals surface area contributed by atoms with Gasteiger partial charge in [0.05, 0.1) is 5.69 Å². The fourth-order valence-corrected chi connectivity index (χ4v) is 2.21. The molecule has 0 atom stereocenters. The minimum Gasteiger partial charge on any atom is -0.336 e. The molecule has 0 bridgehead atoms. The molecule has 2 N–H and O–H groups in total. The van der Waals surface area contributed by atoms with Crippen molar-refractivity contribution in [2.45, 2.75) is 6.92 Å². The number of nitrogens with zero attached hydrogens (tertiary/aromatic N) is 2. The molecule has 1 heterocycles. The average molecular weight is 340 g/mol. The Balaban J connectivity index is 1.70. The van der Waals surface area contributed by atoms with E-state index in [0.717, 1.165) is 17.7 Å². The number of hydrogen-bond donors (Lipinski definition) is 2. The first-order valence-corrected chi connectivity index (χ1v) is 7.46. The Hall–Kier alpha value is -3.35. The van der Waals surface area contributed by atoms with Crippen molar-refractivity contribution in [3.8, 4) is 0 Å². The van der Waals surface area contributed by atoms with Crippen molar-refractivity contribution in [1.29, 1.82) is 0 Å². The molecule has 0 radical (unpaired) electrons. The molecule has 0 aliphatic rings. The van der Waals surface area contributed by atoms with E-state index in [2.05, 4.69) is 20.8 Å². The first-order valence-electron chi connectivity index (χ1n) is 7.46. The number of hydrogen-bond acceptors (Lipinski definition) is 4. The van der Waals surface area contributed by atoms with Crippen LogP contribution in [0.1, 0.15) is 15.9 Å². The third-order valence-corrected chi connectivity index (χ3v) is 3.49. The van der Waals surface area contributed by atoms with Crippen LogP contribution in [0.25, 0.3) is 0 Å². The number of anilines is 3. The summed E-state index contributed by atoms with van der Waals surface area (Å²) in [5.41, 5.74) is 1.46. The Morgan fingerprint density at radius 1 is 0.960 bits per heavy atom. The van der Waals surface area contributed by atoms with Gasteiger partial charge in [-0.2, -0.15) is 0 Å². The zero-order chi connectivity index (χ0) is 17.8. The Bertz CT molecular complexity index is 913. The highest BCUT2D eigenvalue weighted by Gasteiger charge is 2.10. The topological polar surface area (TPSA) is 66.9 Å². The average Bonchev–Trinajstić information content (AvgIpc) is 2.59. The molecule has 0 saturated carbocycles. The highest BCUT2D eigenvalue weighted by Crippen LogP contribution is 2.19. The summed E-state index contributed by atoms with van der Waals surface area (Å²) in [5, 5.41) is 13.1. The van der Waals surface area contributed by atoms with Crippen LogP contribution in [0.4, 0.5) is 26.1 Å². The molecular weight excluding hydrogens is 326 g/mol. The number of amides is 1. The quantitative estimate of drug-likeness (QED) is 0.752. The van der Waals surface area contributed by atoms with Gasteiger partial charge in [0.1, 0.15) is 11.6 Å². The Morgan fingerprint density at radius 3 is 2.36 bits per heavy atom. The van der Waals surface area contributed by atoms with Gasteiger partial charge in [-0.05, 0) is 42.8 Å². The van der Waals surface area contributed by atoms with Gasteiger partial charge in [0, 0.05) is 11.6 Å². The van der Waals surface area contributed by atoms with Crippen LogP contribution in [0, 0.1) is 18.6 Å². The molecular formula is C18H14F2N4O. The minimum absolute atomic E-state index is 0.0763. The molecule has 2 aromatic carbocycles. The van der Waals surface area contributed by atoms with E-state index in [1.54, 1.807) is 12.1 Å². The molecule has 25 heavy (non-hydrogen) atoms. The molecule has 7 heteroatoms. The Kier molecular flexibility index (Phi) is 4.65. The van der Waals surface area contributed by atoms with Crippen molar-refractivity contribution in [2.75, 3.05) is 10.6 Å². The van der Waals surface area contributed by atoms with Crippen LogP contribution in [-0.2, 0) is 0 Å². The van der Waals surface area contributed by atoms with Gasteiger partial charge < -0.3 is 10.6 Å². The van der Waals surface area contributed by atoms with Crippen molar-refractivity contribution < 1.29 is 13.6 Å². The molecule has 0 saturated heterocycles. The normalized spacial score (nSPS) is 10.4. The van der Waals surface area contributed by atoms with Crippen LogP contribution in [0.15, 0.2) is 54.6 Å². The molecule has 3 aromatic rings. The summed E-state index contributed by atoms with van der Waals surface area (Å²) in [6.45, 7) is 1.84. The smallest absolute Gasteiger partial charge is 0.257 e. The lowest BCUT2D eigenvalue weighted by Gasteiger charge is -2.08. The monoisotopic (exact) mass is 340 g/mol. The summed E-state index contributed by atoms with van der Waals surface area (Å²) in [4.78, 5) is 12.2. The fraction of sp³-hybridized carbons (Fsp3) is 0.0556. The van der Waals surface area contributed by atoms with Gasteiger partial charge in [-0.1, -0.05) is 18.2 Å². The van der Waals surface area contributed by atoms with Crippen molar-refractivity contribution in [1.82, 2.24) is 10.2 Å². The SMILES string of the molecule is Cc1ccccc1C(=O)Nc1ccc(Nc2ccc(F)cc2F)nn1. The van der Waals surface area contributed by atoms with E-state index < -0.39 is 11.6 Å². The number of nitrogens with one attached hydrogen (secondary N) is 2. The minimum atomic E-state index is -0.737. The van der Waals surface area contributed by atoms with Gasteiger partial charge in [0.15, 0.2) is 11.6 Å². The molecule has 5 nitrogen and oxygen atoms in total. The van der Waals surface area contributed by atoms with E-state index in [0.29, 0.717) is 5.56 Å². The molecule has 0 aliphatic heterocycles. The number of rotatable bonds is 4. The third-order valence-electron chi connectivity index (χ3n) is 3.49. The summed E-state index contributed by atoms with van der Waals surface area (Å²) in [7, 11) is 0. The number of halogens is 2. The van der Waals surface area contributed by atoms with Gasteiger partial charge in [-0.3, -0.25) is 4.79 Å². The zero-order valence-electron chi connectivity index (χ0n) is 13.3. The molecule has 1 amide bonds. The van der Waals surface area contributed by atoms with E-state index in [9.17, 15) is 13.6 Å². The second-order valence-corrected chi connectivity index (χ2v) is 5.32. The maximum Gasteiger partial charge on any atom is 0.257 e. The Labute approximate surface area is 142 Å². The van der Waals surface area contributed by atoms with E-state index in [1.165, 1.54) is 18.2 Å². The van der Waals surface area contributed by atoms with E-state index in [-0.39, 0.29) is 23.2 Å². The number of carbonyl (C=O) groups excluding carboxylic acids is 1. The lowest BCUT2D eigenvalue weighted by atomic mass is 10.1. The second kappa shape index (κ2) is 7.04. The number of aromatic nitrogens is 2. The highest BCUT2D eigenvalue weighted by atomic mass is 19.1. The van der Waals surface area contributed by atoms with Gasteiger partial charge in [-0.15, -0.1) is 10.2 Å². The van der Waals surface area contributed by atoms with Crippen LogP contribution in [0.2, 0.25) is 0 Å². The van der Waals surface area contributed by atoms with E-state index in [1.807, 2.05) is 19.1 Å². The van der Waals surface area contributed by atoms with Crippen LogP contribution >= 0.6 is 0 Å². The summed E-state index contributed by atoms with van der Waals surface area (Å²) >= 11 is 0. The summed E-state index contributed by atoms with van der Waals surface area (Å²) < 4.78 is 26.5. The third kappa shape index (κ3) is 3.95. The van der Waals surface area contributed by atoms with Crippen molar-refractivity contribution >= 4 is 23.2 Å². The standard InChI is InChI=1S/C18H14F2N4O/c1-11-4-2-3-5-13(11)18(25)22-17-9-8-16(23-24-17)21-15-7-6-12(19)10-14(15)20/h2-10H,1H3,(H,21,23)(H,22,24,25). The predicted molar refractivity (Wildman–Crippen MR) is 90.8 cm³/mol. The van der Waals surface area contributed by atoms with Gasteiger partial charge in [0.2, 0.25) is 0 Å². The molecule has 1 aromatic heterocycles. The lowest BCUT2D eigenvalue weighted by molar-refractivity contribution is 0.102. The van der Waals surface area contributed by atoms with Gasteiger partial charge >= 0.3 is 0 Å². The van der Waals surface area contributed by atoms with Crippen molar-refractivity contribution in [3.63, 3.8) is 0 Å². The highest BCUT2D eigenvalue weighted by molar-refractivity contribution is 6.04. The van der Waals surface area contributed by atoms with Crippen LogP contribution in [0.5, 0.6) is 0 Å². The van der Waals surface area contributed by atoms with Crippen molar-refractivity contribution in [3.05, 3.63) is 77.4 Å². The predicted octanol–water partition coefficient (Wildman–Crippen LogP) is 4.06. The molecule has 0 fully saturated rings. The molecule has 0 unspecified atom stereocenters. The molecule has 0 spiro atoms. The van der Waals surface area contributed by atoms with E-state index >= 15 is 0 Å². The second-order valence-electron chi connectivity index (χ2n) is 5.32. The number of benzene rings is 2. The molecule has 126 valence electrons. The van der Waals surface area contributed by atoms with Crippen LogP contribution in [0.3, 0.4) is 0 Å². The number of carbonyl (C=O) groups is 1. The molecule has 0 aliphatic carbocycles. The van der Waals surface area contributed by atoms with Crippen LogP contribution < -0.4 is 10.6 Å². The van der Waals surface area contributed by atoms with Gasteiger partial charge in [-0.25, -0.2) is 8.78 Å². The van der Waals surface area contributed by atoms with Crippen LogP contribution in [-0.4, -0.2) is 16.1 Å². The maximum absolute atomic E-state index is 13.6. The largest absolute Gasteiger partial charge is 0.336 e. The first kappa shape index (κ1) is 16.5. The summed E-state index contributed by atoms with van der Waals surface area (Å²) in [6.07, 6.45) is 0. The number of aryl methyl sites for hydroxylation is 1. The van der Waals surface area contributed by atoms with Crippen molar-refractivity contribution in [2.24, 2.45) is 0 Å².